The molecule has 0 radical (unpaired) electrons. The minimum atomic E-state index is -0.324. The minimum Gasteiger partial charge on any atom is -0.371 e. The Labute approximate surface area is 207 Å². The van der Waals surface area contributed by atoms with Crippen molar-refractivity contribution in [3.8, 4) is 0 Å². The van der Waals surface area contributed by atoms with Gasteiger partial charge in [-0.25, -0.2) is 0 Å². The van der Waals surface area contributed by atoms with E-state index in [2.05, 4.69) is 22.3 Å². The first kappa shape index (κ1) is 23.2. The van der Waals surface area contributed by atoms with Crippen molar-refractivity contribution in [1.82, 2.24) is 4.90 Å². The summed E-state index contributed by atoms with van der Waals surface area (Å²) < 4.78 is 0. The van der Waals surface area contributed by atoms with Gasteiger partial charge in [0.25, 0.3) is 5.91 Å². The van der Waals surface area contributed by atoms with Gasteiger partial charge in [-0.15, -0.1) is 0 Å². The molecular formula is C30H33N3O2. The van der Waals surface area contributed by atoms with Crippen LogP contribution in [0.1, 0.15) is 53.2 Å². The summed E-state index contributed by atoms with van der Waals surface area (Å²) in [6.07, 6.45) is 3.96. The number of piperidine rings is 1. The van der Waals surface area contributed by atoms with E-state index in [-0.39, 0.29) is 23.8 Å². The van der Waals surface area contributed by atoms with Crippen LogP contribution in [0.25, 0.3) is 0 Å². The molecule has 0 spiro atoms. The van der Waals surface area contributed by atoms with Crippen LogP contribution in [0, 0.1) is 12.8 Å². The molecule has 5 nitrogen and oxygen atoms in total. The maximum Gasteiger partial charge on any atom is 0.254 e. The van der Waals surface area contributed by atoms with Gasteiger partial charge in [-0.1, -0.05) is 54.6 Å². The summed E-state index contributed by atoms with van der Waals surface area (Å²) in [6, 6.07) is 25.5. The van der Waals surface area contributed by atoms with Gasteiger partial charge in [-0.05, 0) is 68.0 Å². The Balaban J connectivity index is 1.43. The molecule has 5 heteroatoms. The average molecular weight is 468 g/mol. The van der Waals surface area contributed by atoms with E-state index >= 15 is 0 Å². The molecule has 2 aliphatic heterocycles. The second-order valence-electron chi connectivity index (χ2n) is 9.65. The molecule has 2 aliphatic rings. The number of carbonyl (C=O) groups excluding carboxylic acids is 2. The van der Waals surface area contributed by atoms with Gasteiger partial charge in [0, 0.05) is 36.6 Å². The van der Waals surface area contributed by atoms with Gasteiger partial charge in [0.15, 0.2) is 0 Å². The van der Waals surface area contributed by atoms with E-state index in [1.54, 1.807) is 0 Å². The Hall–Kier alpha value is -3.60. The van der Waals surface area contributed by atoms with Crippen molar-refractivity contribution in [2.75, 3.05) is 29.9 Å². The summed E-state index contributed by atoms with van der Waals surface area (Å²) >= 11 is 0. The summed E-state index contributed by atoms with van der Waals surface area (Å²) in [7, 11) is 0. The van der Waals surface area contributed by atoms with Crippen molar-refractivity contribution in [3.63, 3.8) is 0 Å². The standard InChI is InChI=1S/C30H33N3O2/c1-22-11-5-6-16-26(22)30(35)33-20-10-17-27(28(33)23-12-3-2-4-13-23)29(34)31-24-14-9-15-25(21-24)32-18-7-8-19-32/h2-6,9,11-16,21,27-28H,7-8,10,17-20H2,1H3,(H,31,34)/t27?,28-/m0/s1. The van der Waals surface area contributed by atoms with E-state index in [0.29, 0.717) is 12.1 Å². The van der Waals surface area contributed by atoms with Crippen molar-refractivity contribution < 1.29 is 9.59 Å². The highest BCUT2D eigenvalue weighted by atomic mass is 16.2. The third-order valence-electron chi connectivity index (χ3n) is 7.33. The lowest BCUT2D eigenvalue weighted by Gasteiger charge is -2.41. The first-order valence-electron chi connectivity index (χ1n) is 12.7. The van der Waals surface area contributed by atoms with E-state index in [4.69, 9.17) is 0 Å². The van der Waals surface area contributed by atoms with Gasteiger partial charge in [-0.2, -0.15) is 0 Å². The van der Waals surface area contributed by atoms with E-state index in [0.717, 1.165) is 48.4 Å². The molecule has 2 amide bonds. The topological polar surface area (TPSA) is 52.7 Å². The quantitative estimate of drug-likeness (QED) is 0.514. The van der Waals surface area contributed by atoms with Gasteiger partial charge < -0.3 is 15.1 Å². The van der Waals surface area contributed by atoms with Crippen LogP contribution in [0.3, 0.4) is 0 Å². The van der Waals surface area contributed by atoms with Crippen molar-refractivity contribution >= 4 is 23.2 Å². The fraction of sp³-hybridized carbons (Fsp3) is 0.333. The van der Waals surface area contributed by atoms with Gasteiger partial charge in [0.1, 0.15) is 0 Å². The van der Waals surface area contributed by atoms with E-state index in [9.17, 15) is 9.59 Å². The first-order chi connectivity index (χ1) is 17.1. The maximum absolute atomic E-state index is 13.7. The molecule has 2 atom stereocenters. The normalized spacial score (nSPS) is 20.0. The van der Waals surface area contributed by atoms with Gasteiger partial charge in [0.2, 0.25) is 5.91 Å². The number of benzene rings is 3. The van der Waals surface area contributed by atoms with Crippen LogP contribution in [0.2, 0.25) is 0 Å². The molecule has 0 aromatic heterocycles. The molecule has 2 fully saturated rings. The second kappa shape index (κ2) is 10.3. The zero-order valence-electron chi connectivity index (χ0n) is 20.3. The number of amides is 2. The Morgan fingerprint density at radius 1 is 0.829 bits per heavy atom. The number of carbonyl (C=O) groups is 2. The van der Waals surface area contributed by atoms with Crippen molar-refractivity contribution in [1.29, 1.82) is 0 Å². The summed E-state index contributed by atoms with van der Waals surface area (Å²) in [5.41, 5.74) is 4.62. The summed E-state index contributed by atoms with van der Waals surface area (Å²) in [5.74, 6) is -0.361. The number of rotatable bonds is 5. The zero-order chi connectivity index (χ0) is 24.2. The second-order valence-corrected chi connectivity index (χ2v) is 9.65. The predicted octanol–water partition coefficient (Wildman–Crippen LogP) is 5.83. The Morgan fingerprint density at radius 2 is 1.57 bits per heavy atom. The third kappa shape index (κ3) is 4.95. The molecular weight excluding hydrogens is 434 g/mol. The van der Waals surface area contributed by atoms with Crippen LogP contribution < -0.4 is 10.2 Å². The SMILES string of the molecule is Cc1ccccc1C(=O)N1CCCC(C(=O)Nc2cccc(N3CCCC3)c2)[C@@H]1c1ccccc1. The highest BCUT2D eigenvalue weighted by Crippen LogP contribution is 2.38. The number of anilines is 2. The number of likely N-dealkylation sites (tertiary alicyclic amines) is 1. The van der Waals surface area contributed by atoms with Crippen molar-refractivity contribution in [2.24, 2.45) is 5.92 Å². The molecule has 3 aromatic carbocycles. The maximum atomic E-state index is 13.7. The fourth-order valence-electron chi connectivity index (χ4n) is 5.52. The molecule has 1 N–H and O–H groups in total. The molecule has 2 saturated heterocycles. The van der Waals surface area contributed by atoms with E-state index < -0.39 is 0 Å². The van der Waals surface area contributed by atoms with E-state index in [1.807, 2.05) is 78.6 Å². The highest BCUT2D eigenvalue weighted by molar-refractivity contribution is 5.98. The minimum absolute atomic E-state index is 0.00881. The fourth-order valence-corrected chi connectivity index (χ4v) is 5.52. The first-order valence-corrected chi connectivity index (χ1v) is 12.7. The lowest BCUT2D eigenvalue weighted by atomic mass is 9.83. The monoisotopic (exact) mass is 467 g/mol. The average Bonchev–Trinajstić information content (AvgIpc) is 3.44. The Bertz CT molecular complexity index is 1190. The van der Waals surface area contributed by atoms with Crippen LogP contribution in [-0.2, 0) is 4.79 Å². The molecule has 3 aromatic rings. The van der Waals surface area contributed by atoms with Gasteiger partial charge in [0.05, 0.1) is 12.0 Å². The molecule has 0 bridgehead atoms. The molecule has 0 saturated carbocycles. The molecule has 0 aliphatic carbocycles. The van der Waals surface area contributed by atoms with Crippen molar-refractivity contribution in [3.05, 3.63) is 95.6 Å². The summed E-state index contributed by atoms with van der Waals surface area (Å²) in [5, 5.41) is 3.18. The largest absolute Gasteiger partial charge is 0.371 e. The van der Waals surface area contributed by atoms with Crippen LogP contribution in [0.4, 0.5) is 11.4 Å². The van der Waals surface area contributed by atoms with Crippen LogP contribution in [-0.4, -0.2) is 36.3 Å². The lowest BCUT2D eigenvalue weighted by Crippen LogP contribution is -2.46. The van der Waals surface area contributed by atoms with Gasteiger partial charge in [-0.3, -0.25) is 9.59 Å². The zero-order valence-corrected chi connectivity index (χ0v) is 20.3. The number of hydrogen-bond donors (Lipinski definition) is 1. The molecule has 180 valence electrons. The highest BCUT2D eigenvalue weighted by Gasteiger charge is 2.39. The molecule has 2 heterocycles. The van der Waals surface area contributed by atoms with Crippen LogP contribution >= 0.6 is 0 Å². The number of nitrogens with one attached hydrogen (secondary N) is 1. The smallest absolute Gasteiger partial charge is 0.254 e. The Kier molecular flexibility index (Phi) is 6.84. The van der Waals surface area contributed by atoms with Crippen molar-refractivity contribution in [2.45, 2.75) is 38.6 Å². The number of hydrogen-bond acceptors (Lipinski definition) is 3. The molecule has 1 unspecified atom stereocenters. The van der Waals surface area contributed by atoms with Crippen LogP contribution in [0.5, 0.6) is 0 Å². The number of nitrogens with zero attached hydrogens (tertiary/aromatic N) is 2. The Morgan fingerprint density at radius 3 is 2.34 bits per heavy atom. The summed E-state index contributed by atoms with van der Waals surface area (Å²) in [4.78, 5) is 31.7. The van der Waals surface area contributed by atoms with E-state index in [1.165, 1.54) is 12.8 Å². The lowest BCUT2D eigenvalue weighted by molar-refractivity contribution is -0.123. The molecule has 35 heavy (non-hydrogen) atoms. The van der Waals surface area contributed by atoms with Crippen LogP contribution in [0.15, 0.2) is 78.9 Å². The third-order valence-corrected chi connectivity index (χ3v) is 7.33. The van der Waals surface area contributed by atoms with Gasteiger partial charge >= 0.3 is 0 Å². The number of aryl methyl sites for hydroxylation is 1. The summed E-state index contributed by atoms with van der Waals surface area (Å²) in [6.45, 7) is 4.73. The predicted molar refractivity (Wildman–Crippen MR) is 141 cm³/mol. The molecule has 5 rings (SSSR count).